The van der Waals surface area contributed by atoms with Crippen LogP contribution in [-0.2, 0) is 12.8 Å². The number of H-pyrrole nitrogens is 1. The van der Waals surface area contributed by atoms with Gasteiger partial charge < -0.3 is 13.8 Å². The Morgan fingerprint density at radius 2 is 0.872 bits per heavy atom. The van der Waals surface area contributed by atoms with Crippen LogP contribution < -0.4 is 0 Å². The molecular weight excluding hydrogens is 574 g/mol. The van der Waals surface area contributed by atoms with Gasteiger partial charge in [0.2, 0.25) is 0 Å². The lowest BCUT2D eigenvalue weighted by molar-refractivity contribution is 0.659. The maximum absolute atomic E-state index is 6.70. The average Bonchev–Trinajstić information content (AvgIpc) is 3.81. The number of benzene rings is 6. The molecule has 3 heteroatoms. The number of aromatic nitrogens is 1. The number of aromatic amines is 1. The number of aryl methyl sites for hydroxylation is 2. The molecule has 0 radical (unpaired) electrons. The van der Waals surface area contributed by atoms with Crippen LogP contribution in [0.3, 0.4) is 0 Å². The Labute approximate surface area is 273 Å². The van der Waals surface area contributed by atoms with E-state index in [9.17, 15) is 0 Å². The first-order valence-electron chi connectivity index (χ1n) is 17.1. The third-order valence-electron chi connectivity index (χ3n) is 10.0. The van der Waals surface area contributed by atoms with Crippen LogP contribution in [0.1, 0.15) is 50.7 Å². The van der Waals surface area contributed by atoms with Gasteiger partial charge in [-0.25, -0.2) is 0 Å². The van der Waals surface area contributed by atoms with E-state index >= 15 is 0 Å². The molecule has 3 aromatic heterocycles. The molecule has 9 aromatic rings. The zero-order chi connectivity index (χ0) is 31.5. The molecule has 0 aliphatic heterocycles. The first kappa shape index (κ1) is 28.0. The highest BCUT2D eigenvalue weighted by molar-refractivity contribution is 6.14. The molecule has 3 heterocycles. The first-order chi connectivity index (χ1) is 23.2. The van der Waals surface area contributed by atoms with E-state index in [1.165, 1.54) is 56.3 Å². The molecule has 0 aliphatic carbocycles. The van der Waals surface area contributed by atoms with Crippen LogP contribution in [-0.4, -0.2) is 4.98 Å². The molecule has 0 spiro atoms. The predicted molar refractivity (Wildman–Crippen MR) is 198 cm³/mol. The van der Waals surface area contributed by atoms with Gasteiger partial charge in [-0.1, -0.05) is 112 Å². The van der Waals surface area contributed by atoms with Crippen molar-refractivity contribution in [2.75, 3.05) is 0 Å². The van der Waals surface area contributed by atoms with E-state index in [2.05, 4.69) is 128 Å². The quantitative estimate of drug-likeness (QED) is 0.186. The van der Waals surface area contributed by atoms with Gasteiger partial charge in [0.25, 0.3) is 0 Å². The SMILES string of the molecule is CCCCc1cccc2c1oc1c(-c3ccc4[nH]c5ccc(-c6cccc7c6oc6c(CCCC)cccc67)cc5c4c3)cccc12. The highest BCUT2D eigenvalue weighted by Crippen LogP contribution is 2.41. The minimum Gasteiger partial charge on any atom is -0.455 e. The topological polar surface area (TPSA) is 42.1 Å². The minimum atomic E-state index is 0.959. The normalized spacial score (nSPS) is 12.1. The predicted octanol–water partition coefficient (Wildman–Crippen LogP) is 13.1. The maximum atomic E-state index is 6.70. The Kier molecular flexibility index (Phi) is 6.67. The summed E-state index contributed by atoms with van der Waals surface area (Å²) in [6.07, 6.45) is 6.73. The lowest BCUT2D eigenvalue weighted by atomic mass is 9.98. The van der Waals surface area contributed by atoms with Crippen molar-refractivity contribution in [1.82, 2.24) is 4.98 Å². The molecule has 0 fully saturated rings. The highest BCUT2D eigenvalue weighted by atomic mass is 16.3. The standard InChI is InChI=1S/C44H37NO2/c1-3-5-11-27-13-7-17-33-35-19-9-15-31(43(35)46-41(27)33)29-21-23-39-37(25-29)38-26-30(22-24-40(38)45-39)32-16-10-20-36-34-18-8-14-28(12-6-4-2)42(34)47-44(32)36/h7-10,13-26,45H,3-6,11-12H2,1-2H3. The summed E-state index contributed by atoms with van der Waals surface area (Å²) in [7, 11) is 0. The molecule has 0 amide bonds. The molecule has 47 heavy (non-hydrogen) atoms. The van der Waals surface area contributed by atoms with Crippen LogP contribution in [0.15, 0.2) is 118 Å². The van der Waals surface area contributed by atoms with Crippen molar-refractivity contribution in [2.45, 2.75) is 52.4 Å². The molecule has 9 rings (SSSR count). The Morgan fingerprint density at radius 3 is 1.32 bits per heavy atom. The Morgan fingerprint density at radius 1 is 0.447 bits per heavy atom. The molecule has 0 unspecified atom stereocenters. The van der Waals surface area contributed by atoms with Gasteiger partial charge in [0.15, 0.2) is 0 Å². The van der Waals surface area contributed by atoms with E-state index in [4.69, 9.17) is 8.83 Å². The third kappa shape index (κ3) is 4.48. The van der Waals surface area contributed by atoms with Gasteiger partial charge >= 0.3 is 0 Å². The van der Waals surface area contributed by atoms with Crippen molar-refractivity contribution in [3.05, 3.63) is 120 Å². The molecule has 230 valence electrons. The number of hydrogen-bond acceptors (Lipinski definition) is 2. The molecule has 3 nitrogen and oxygen atoms in total. The van der Waals surface area contributed by atoms with Gasteiger partial charge in [-0.2, -0.15) is 0 Å². The van der Waals surface area contributed by atoms with Gasteiger partial charge in [0, 0.05) is 54.5 Å². The number of rotatable bonds is 8. The fraction of sp³-hybridized carbons (Fsp3) is 0.182. The van der Waals surface area contributed by atoms with Crippen LogP contribution in [0.25, 0.3) is 87.9 Å². The van der Waals surface area contributed by atoms with Crippen molar-refractivity contribution in [3.63, 3.8) is 0 Å². The number of fused-ring (bicyclic) bond motifs is 9. The van der Waals surface area contributed by atoms with Crippen molar-refractivity contribution in [1.29, 1.82) is 0 Å². The van der Waals surface area contributed by atoms with Gasteiger partial charge in [0.1, 0.15) is 22.3 Å². The first-order valence-corrected chi connectivity index (χ1v) is 17.1. The van der Waals surface area contributed by atoms with Gasteiger partial charge in [-0.3, -0.25) is 0 Å². The molecular formula is C44H37NO2. The summed E-state index contributed by atoms with van der Waals surface area (Å²) in [5.41, 5.74) is 13.4. The van der Waals surface area contributed by atoms with E-state index in [0.29, 0.717) is 0 Å². The second-order valence-electron chi connectivity index (χ2n) is 13.0. The van der Waals surface area contributed by atoms with Gasteiger partial charge in [-0.15, -0.1) is 0 Å². The van der Waals surface area contributed by atoms with Crippen LogP contribution >= 0.6 is 0 Å². The summed E-state index contributed by atoms with van der Waals surface area (Å²) < 4.78 is 13.4. The molecule has 6 aromatic carbocycles. The number of furan rings is 2. The van der Waals surface area contributed by atoms with Crippen LogP contribution in [0.4, 0.5) is 0 Å². The molecule has 0 saturated heterocycles. The number of hydrogen-bond donors (Lipinski definition) is 1. The van der Waals surface area contributed by atoms with Crippen LogP contribution in [0.2, 0.25) is 0 Å². The monoisotopic (exact) mass is 611 g/mol. The van der Waals surface area contributed by atoms with Crippen molar-refractivity contribution < 1.29 is 8.83 Å². The fourth-order valence-corrected chi connectivity index (χ4v) is 7.57. The van der Waals surface area contributed by atoms with E-state index in [-0.39, 0.29) is 0 Å². The van der Waals surface area contributed by atoms with E-state index in [0.717, 1.165) is 81.3 Å². The summed E-state index contributed by atoms with van der Waals surface area (Å²) in [5, 5.41) is 7.16. The third-order valence-corrected chi connectivity index (χ3v) is 10.0. The average molecular weight is 612 g/mol. The second-order valence-corrected chi connectivity index (χ2v) is 13.0. The number of nitrogens with one attached hydrogen (secondary N) is 1. The summed E-state index contributed by atoms with van der Waals surface area (Å²) in [5.74, 6) is 0. The van der Waals surface area contributed by atoms with Crippen molar-refractivity contribution in [3.8, 4) is 22.3 Å². The van der Waals surface area contributed by atoms with Gasteiger partial charge in [-0.05, 0) is 72.2 Å². The largest absolute Gasteiger partial charge is 0.455 e. The fourth-order valence-electron chi connectivity index (χ4n) is 7.57. The lowest BCUT2D eigenvalue weighted by Crippen LogP contribution is -1.84. The van der Waals surface area contributed by atoms with E-state index in [1.807, 2.05) is 0 Å². The zero-order valence-corrected chi connectivity index (χ0v) is 27.0. The summed E-state index contributed by atoms with van der Waals surface area (Å²) in [4.78, 5) is 3.66. The summed E-state index contributed by atoms with van der Waals surface area (Å²) >= 11 is 0. The maximum Gasteiger partial charge on any atom is 0.143 e. The molecule has 1 N–H and O–H groups in total. The van der Waals surface area contributed by atoms with Crippen LogP contribution in [0, 0.1) is 0 Å². The zero-order valence-electron chi connectivity index (χ0n) is 27.0. The minimum absolute atomic E-state index is 0.959. The lowest BCUT2D eigenvalue weighted by Gasteiger charge is -2.05. The second kappa shape index (κ2) is 11.2. The number of unbranched alkanes of at least 4 members (excludes halogenated alkanes) is 2. The number of para-hydroxylation sites is 4. The summed E-state index contributed by atoms with van der Waals surface area (Å²) in [6.45, 7) is 4.48. The van der Waals surface area contributed by atoms with Crippen LogP contribution in [0.5, 0.6) is 0 Å². The summed E-state index contributed by atoms with van der Waals surface area (Å²) in [6, 6.07) is 39.7. The van der Waals surface area contributed by atoms with Crippen molar-refractivity contribution in [2.24, 2.45) is 0 Å². The Bertz CT molecular complexity index is 2430. The molecule has 0 saturated carbocycles. The Hall–Kier alpha value is -5.28. The Balaban J connectivity index is 1.19. The van der Waals surface area contributed by atoms with E-state index in [1.54, 1.807) is 0 Å². The molecule has 0 bridgehead atoms. The molecule has 0 aliphatic rings. The van der Waals surface area contributed by atoms with Crippen molar-refractivity contribution >= 4 is 65.7 Å². The molecule has 0 atom stereocenters. The smallest absolute Gasteiger partial charge is 0.143 e. The van der Waals surface area contributed by atoms with Gasteiger partial charge in [0.05, 0.1) is 0 Å². The van der Waals surface area contributed by atoms with E-state index < -0.39 is 0 Å². The highest BCUT2D eigenvalue weighted by Gasteiger charge is 2.18.